The van der Waals surface area contributed by atoms with Crippen molar-refractivity contribution in [3.63, 3.8) is 0 Å². The van der Waals surface area contributed by atoms with Crippen LogP contribution >= 0.6 is 23.2 Å². The number of carbonyl (C=O) groups is 2. The molecular formula is C15H17Cl2NO3. The molecule has 2 rings (SSSR count). The number of carbonyl (C=O) groups excluding carboxylic acids is 2. The molecule has 114 valence electrons. The Morgan fingerprint density at radius 3 is 2.62 bits per heavy atom. The minimum Gasteiger partial charge on any atom is -0.465 e. The van der Waals surface area contributed by atoms with Gasteiger partial charge in [-0.2, -0.15) is 0 Å². The normalized spacial score (nSPS) is 13.9. The molecule has 0 radical (unpaired) electrons. The van der Waals surface area contributed by atoms with Gasteiger partial charge in [-0.3, -0.25) is 9.59 Å². The molecule has 21 heavy (non-hydrogen) atoms. The van der Waals surface area contributed by atoms with Crippen molar-refractivity contribution < 1.29 is 14.3 Å². The molecule has 0 N–H and O–H groups in total. The van der Waals surface area contributed by atoms with Gasteiger partial charge in [0.2, 0.25) is 5.91 Å². The van der Waals surface area contributed by atoms with E-state index in [4.69, 9.17) is 27.9 Å². The molecule has 1 fully saturated rings. The van der Waals surface area contributed by atoms with Gasteiger partial charge >= 0.3 is 5.97 Å². The van der Waals surface area contributed by atoms with Gasteiger partial charge in [0.1, 0.15) is 6.54 Å². The van der Waals surface area contributed by atoms with Crippen molar-refractivity contribution in [2.75, 3.05) is 13.2 Å². The maximum Gasteiger partial charge on any atom is 0.325 e. The summed E-state index contributed by atoms with van der Waals surface area (Å²) in [4.78, 5) is 25.6. The first kappa shape index (κ1) is 16.1. The second-order valence-corrected chi connectivity index (χ2v) is 5.81. The summed E-state index contributed by atoms with van der Waals surface area (Å²) in [5, 5.41) is 0.990. The minimum atomic E-state index is -0.375. The molecule has 1 aromatic rings. The lowest BCUT2D eigenvalue weighted by Crippen LogP contribution is -2.39. The van der Waals surface area contributed by atoms with Crippen molar-refractivity contribution >= 4 is 35.1 Å². The van der Waals surface area contributed by atoms with E-state index in [0.29, 0.717) is 22.2 Å². The zero-order valence-electron chi connectivity index (χ0n) is 11.8. The van der Waals surface area contributed by atoms with Gasteiger partial charge < -0.3 is 9.64 Å². The fourth-order valence-electron chi connectivity index (χ4n) is 2.08. The fraction of sp³-hybridized carbons (Fsp3) is 0.467. The number of amides is 1. The first-order valence-electron chi connectivity index (χ1n) is 6.90. The summed E-state index contributed by atoms with van der Waals surface area (Å²) < 4.78 is 4.91. The van der Waals surface area contributed by atoms with Crippen molar-refractivity contribution in [3.05, 3.63) is 33.8 Å². The zero-order valence-corrected chi connectivity index (χ0v) is 13.3. The molecule has 0 aliphatic heterocycles. The molecule has 1 aliphatic carbocycles. The van der Waals surface area contributed by atoms with Gasteiger partial charge in [-0.05, 0) is 37.5 Å². The largest absolute Gasteiger partial charge is 0.465 e. The summed E-state index contributed by atoms with van der Waals surface area (Å²) in [6, 6.07) is 5.19. The van der Waals surface area contributed by atoms with Crippen LogP contribution in [-0.4, -0.2) is 36.0 Å². The lowest BCUT2D eigenvalue weighted by molar-refractivity contribution is -0.149. The summed E-state index contributed by atoms with van der Waals surface area (Å²) in [5.74, 6) is -0.491. The first-order valence-corrected chi connectivity index (χ1v) is 7.66. The Bertz CT molecular complexity index is 544. The second kappa shape index (κ2) is 7.14. The van der Waals surface area contributed by atoms with Crippen LogP contribution in [-0.2, 0) is 20.7 Å². The molecular weight excluding hydrogens is 313 g/mol. The molecule has 0 spiro atoms. The first-order chi connectivity index (χ1) is 10.0. The van der Waals surface area contributed by atoms with Crippen molar-refractivity contribution in [1.82, 2.24) is 4.90 Å². The predicted octanol–water partition coefficient (Wildman–Crippen LogP) is 3.09. The van der Waals surface area contributed by atoms with Gasteiger partial charge in [0, 0.05) is 16.1 Å². The molecule has 1 aliphatic rings. The van der Waals surface area contributed by atoms with Crippen molar-refractivity contribution in [2.24, 2.45) is 0 Å². The fourth-order valence-corrected chi connectivity index (χ4v) is 2.56. The van der Waals surface area contributed by atoms with Crippen LogP contribution in [0.3, 0.4) is 0 Å². The van der Waals surface area contributed by atoms with Crippen LogP contribution < -0.4 is 0 Å². The molecule has 0 bridgehead atoms. The summed E-state index contributed by atoms with van der Waals surface area (Å²) in [7, 11) is 0. The van der Waals surface area contributed by atoms with E-state index >= 15 is 0 Å². The molecule has 1 amide bonds. The lowest BCUT2D eigenvalue weighted by Gasteiger charge is -2.21. The molecule has 1 aromatic carbocycles. The number of ether oxygens (including phenoxy) is 1. The number of hydrogen-bond donors (Lipinski definition) is 0. The highest BCUT2D eigenvalue weighted by Crippen LogP contribution is 2.28. The summed E-state index contributed by atoms with van der Waals surface area (Å²) in [5.41, 5.74) is 0.709. The van der Waals surface area contributed by atoms with E-state index in [-0.39, 0.29) is 30.9 Å². The Kier molecular flexibility index (Phi) is 5.48. The Morgan fingerprint density at radius 1 is 1.33 bits per heavy atom. The van der Waals surface area contributed by atoms with E-state index in [1.54, 1.807) is 30.0 Å². The number of esters is 1. The second-order valence-electron chi connectivity index (χ2n) is 4.97. The number of nitrogens with zero attached hydrogens (tertiary/aromatic N) is 1. The quantitative estimate of drug-likeness (QED) is 0.753. The van der Waals surface area contributed by atoms with E-state index in [2.05, 4.69) is 0 Å². The molecule has 6 heteroatoms. The molecule has 1 saturated carbocycles. The number of rotatable bonds is 6. The van der Waals surface area contributed by atoms with Crippen LogP contribution in [0.1, 0.15) is 25.3 Å². The molecule has 0 heterocycles. The maximum absolute atomic E-state index is 12.4. The SMILES string of the molecule is CCOC(=O)CN(C(=O)Cc1ccc(Cl)cc1Cl)C1CC1. The maximum atomic E-state index is 12.4. The predicted molar refractivity (Wildman–Crippen MR) is 81.5 cm³/mol. The van der Waals surface area contributed by atoms with Crippen molar-refractivity contribution in [3.8, 4) is 0 Å². The Hall–Kier alpha value is -1.26. The van der Waals surface area contributed by atoms with Gasteiger partial charge in [-0.1, -0.05) is 29.3 Å². The van der Waals surface area contributed by atoms with Crippen LogP contribution in [0.5, 0.6) is 0 Å². The van der Waals surface area contributed by atoms with E-state index < -0.39 is 0 Å². The third-order valence-corrected chi connectivity index (χ3v) is 3.86. The van der Waals surface area contributed by atoms with Gasteiger partial charge in [0.25, 0.3) is 0 Å². The van der Waals surface area contributed by atoms with Crippen molar-refractivity contribution in [2.45, 2.75) is 32.2 Å². The lowest BCUT2D eigenvalue weighted by atomic mass is 10.1. The molecule has 0 atom stereocenters. The van der Waals surface area contributed by atoms with E-state index in [1.165, 1.54) is 0 Å². The van der Waals surface area contributed by atoms with Crippen LogP contribution in [0.4, 0.5) is 0 Å². The third kappa shape index (κ3) is 4.61. The number of hydrogen-bond acceptors (Lipinski definition) is 3. The van der Waals surface area contributed by atoms with Crippen LogP contribution in [0.15, 0.2) is 18.2 Å². The smallest absolute Gasteiger partial charge is 0.325 e. The van der Waals surface area contributed by atoms with Crippen LogP contribution in [0.2, 0.25) is 10.0 Å². The number of benzene rings is 1. The average molecular weight is 330 g/mol. The highest BCUT2D eigenvalue weighted by Gasteiger charge is 2.34. The Labute approximate surface area is 134 Å². The highest BCUT2D eigenvalue weighted by atomic mass is 35.5. The van der Waals surface area contributed by atoms with Gasteiger partial charge in [-0.15, -0.1) is 0 Å². The van der Waals surface area contributed by atoms with Crippen molar-refractivity contribution in [1.29, 1.82) is 0 Å². The van der Waals surface area contributed by atoms with E-state index in [9.17, 15) is 9.59 Å². The van der Waals surface area contributed by atoms with Gasteiger partial charge in [0.05, 0.1) is 13.0 Å². The van der Waals surface area contributed by atoms with Crippen LogP contribution in [0.25, 0.3) is 0 Å². The zero-order chi connectivity index (χ0) is 15.4. The van der Waals surface area contributed by atoms with Gasteiger partial charge in [0.15, 0.2) is 0 Å². The Morgan fingerprint density at radius 2 is 2.05 bits per heavy atom. The topological polar surface area (TPSA) is 46.6 Å². The molecule has 0 aromatic heterocycles. The summed E-state index contributed by atoms with van der Waals surface area (Å²) in [6.45, 7) is 2.06. The Balaban J connectivity index is 2.03. The average Bonchev–Trinajstić information content (AvgIpc) is 3.24. The van der Waals surface area contributed by atoms with Gasteiger partial charge in [-0.25, -0.2) is 0 Å². The monoisotopic (exact) mass is 329 g/mol. The molecule has 4 nitrogen and oxygen atoms in total. The molecule has 0 saturated heterocycles. The third-order valence-electron chi connectivity index (χ3n) is 3.27. The minimum absolute atomic E-state index is 0.00253. The standard InChI is InChI=1S/C15H17Cl2NO3/c1-2-21-15(20)9-18(12-5-6-12)14(19)7-10-3-4-11(16)8-13(10)17/h3-4,8,12H,2,5-7,9H2,1H3. The van der Waals surface area contributed by atoms with E-state index in [1.807, 2.05) is 0 Å². The van der Waals surface area contributed by atoms with E-state index in [0.717, 1.165) is 12.8 Å². The molecule has 0 unspecified atom stereocenters. The summed E-state index contributed by atoms with van der Waals surface area (Å²) in [6.07, 6.45) is 2.02. The summed E-state index contributed by atoms with van der Waals surface area (Å²) >= 11 is 11.9. The number of halogens is 2. The van der Waals surface area contributed by atoms with Crippen LogP contribution in [0, 0.1) is 0 Å². The highest BCUT2D eigenvalue weighted by molar-refractivity contribution is 6.35.